The van der Waals surface area contributed by atoms with Gasteiger partial charge in [-0.05, 0) is 47.5 Å². The second-order valence-electron chi connectivity index (χ2n) is 5.57. The molecule has 2 N–H and O–H groups in total. The lowest BCUT2D eigenvalue weighted by atomic mass is 9.99. The van der Waals surface area contributed by atoms with Gasteiger partial charge in [0, 0.05) is 6.20 Å². The van der Waals surface area contributed by atoms with Crippen LogP contribution in [0.5, 0.6) is 0 Å². The molecule has 124 valence electrons. The second kappa shape index (κ2) is 6.54. The molecule has 0 aliphatic carbocycles. The van der Waals surface area contributed by atoms with Crippen LogP contribution < -0.4 is 5.32 Å². The van der Waals surface area contributed by atoms with Crippen molar-refractivity contribution in [2.45, 2.75) is 12.5 Å². The zero-order chi connectivity index (χ0) is 17.2. The van der Waals surface area contributed by atoms with E-state index in [2.05, 4.69) is 10.4 Å². The molecule has 1 atom stereocenters. The van der Waals surface area contributed by atoms with Crippen LogP contribution in [-0.4, -0.2) is 27.3 Å². The van der Waals surface area contributed by atoms with Crippen LogP contribution in [-0.2, 0) is 5.60 Å². The topological polar surface area (TPSA) is 67.2 Å². The van der Waals surface area contributed by atoms with Gasteiger partial charge in [0.05, 0.1) is 6.54 Å². The smallest absolute Gasteiger partial charge is 0.271 e. The average Bonchev–Trinajstić information content (AvgIpc) is 3.25. The Morgan fingerprint density at radius 1 is 1.38 bits per heavy atom. The van der Waals surface area contributed by atoms with Crippen LogP contribution in [0.15, 0.2) is 53.4 Å². The number of hydrogen-bond acceptors (Lipinski definition) is 4. The molecule has 2 heterocycles. The van der Waals surface area contributed by atoms with Gasteiger partial charge < -0.3 is 10.4 Å². The van der Waals surface area contributed by atoms with Crippen LogP contribution in [0.3, 0.4) is 0 Å². The summed E-state index contributed by atoms with van der Waals surface area (Å²) < 4.78 is 15.1. The Kier molecular flexibility index (Phi) is 4.46. The number of nitrogens with zero attached hydrogens (tertiary/aromatic N) is 2. The molecule has 0 saturated carbocycles. The molecule has 0 aliphatic rings. The Bertz CT molecular complexity index is 843. The summed E-state index contributed by atoms with van der Waals surface area (Å²) in [6.45, 7) is 1.68. The lowest BCUT2D eigenvalue weighted by Crippen LogP contribution is -2.38. The summed E-state index contributed by atoms with van der Waals surface area (Å²) >= 11 is 1.48. The summed E-state index contributed by atoms with van der Waals surface area (Å²) in [5.74, 6) is -0.853. The van der Waals surface area contributed by atoms with Gasteiger partial charge in [-0.1, -0.05) is 12.1 Å². The number of hydrogen-bond donors (Lipinski definition) is 2. The minimum absolute atomic E-state index is 0.0507. The fourth-order valence-corrected chi connectivity index (χ4v) is 3.02. The van der Waals surface area contributed by atoms with Crippen molar-refractivity contribution in [1.82, 2.24) is 15.1 Å². The molecule has 0 spiro atoms. The summed E-state index contributed by atoms with van der Waals surface area (Å²) in [7, 11) is 0. The van der Waals surface area contributed by atoms with E-state index in [1.807, 2.05) is 16.8 Å². The summed E-state index contributed by atoms with van der Waals surface area (Å²) in [4.78, 5) is 12.2. The molecule has 3 rings (SSSR count). The summed E-state index contributed by atoms with van der Waals surface area (Å²) in [6, 6.07) is 9.49. The summed E-state index contributed by atoms with van der Waals surface area (Å²) in [6.07, 6.45) is 1.52. The molecular formula is C17H16FN3O2S. The van der Waals surface area contributed by atoms with Crippen molar-refractivity contribution in [2.75, 3.05) is 6.54 Å². The van der Waals surface area contributed by atoms with Crippen molar-refractivity contribution >= 4 is 17.2 Å². The number of aromatic nitrogens is 2. The van der Waals surface area contributed by atoms with Crippen LogP contribution >= 0.6 is 11.3 Å². The molecule has 0 saturated heterocycles. The van der Waals surface area contributed by atoms with Crippen molar-refractivity contribution in [3.63, 3.8) is 0 Å². The van der Waals surface area contributed by atoms with Crippen molar-refractivity contribution in [3.8, 4) is 5.69 Å². The van der Waals surface area contributed by atoms with Gasteiger partial charge >= 0.3 is 0 Å². The van der Waals surface area contributed by atoms with Gasteiger partial charge in [0.2, 0.25) is 0 Å². The number of thiophene rings is 1. The molecule has 2 aromatic heterocycles. The number of rotatable bonds is 5. The highest BCUT2D eigenvalue weighted by atomic mass is 32.1. The zero-order valence-electron chi connectivity index (χ0n) is 12.9. The first-order chi connectivity index (χ1) is 11.5. The number of carbonyl (C=O) groups is 1. The molecule has 5 nitrogen and oxygen atoms in total. The number of aliphatic hydroxyl groups is 1. The molecule has 1 aromatic carbocycles. The van der Waals surface area contributed by atoms with E-state index in [4.69, 9.17) is 0 Å². The van der Waals surface area contributed by atoms with Crippen molar-refractivity contribution < 1.29 is 14.3 Å². The maximum absolute atomic E-state index is 13.8. The van der Waals surface area contributed by atoms with E-state index in [1.54, 1.807) is 25.1 Å². The van der Waals surface area contributed by atoms with Crippen molar-refractivity contribution in [3.05, 3.63) is 70.4 Å². The van der Waals surface area contributed by atoms with E-state index in [-0.39, 0.29) is 17.9 Å². The first-order valence-corrected chi connectivity index (χ1v) is 8.25. The van der Waals surface area contributed by atoms with Gasteiger partial charge in [-0.25, -0.2) is 9.07 Å². The zero-order valence-corrected chi connectivity index (χ0v) is 13.8. The quantitative estimate of drug-likeness (QED) is 0.747. The van der Waals surface area contributed by atoms with Gasteiger partial charge in [-0.2, -0.15) is 16.4 Å². The molecule has 0 fully saturated rings. The normalized spacial score (nSPS) is 13.5. The molecule has 0 aliphatic heterocycles. The predicted octanol–water partition coefficient (Wildman–Crippen LogP) is 2.71. The van der Waals surface area contributed by atoms with Crippen LogP contribution in [0.2, 0.25) is 0 Å². The van der Waals surface area contributed by atoms with E-state index >= 15 is 0 Å². The van der Waals surface area contributed by atoms with Gasteiger partial charge in [0.1, 0.15) is 17.1 Å². The Morgan fingerprint density at radius 3 is 2.88 bits per heavy atom. The number of nitrogens with one attached hydrogen (secondary N) is 1. The van der Waals surface area contributed by atoms with Crippen LogP contribution in [0, 0.1) is 5.82 Å². The molecule has 0 bridgehead atoms. The summed E-state index contributed by atoms with van der Waals surface area (Å²) in [5.41, 5.74) is -0.00471. The third-order valence-corrected chi connectivity index (χ3v) is 4.34. The van der Waals surface area contributed by atoms with E-state index < -0.39 is 17.3 Å². The van der Waals surface area contributed by atoms with Gasteiger partial charge in [-0.15, -0.1) is 0 Å². The maximum Gasteiger partial charge on any atom is 0.271 e. The molecule has 3 aromatic rings. The molecular weight excluding hydrogens is 329 g/mol. The van der Waals surface area contributed by atoms with Gasteiger partial charge in [0.15, 0.2) is 5.69 Å². The fraction of sp³-hybridized carbons (Fsp3) is 0.176. The Morgan fingerprint density at radius 2 is 2.17 bits per heavy atom. The second-order valence-corrected chi connectivity index (χ2v) is 6.35. The number of para-hydroxylation sites is 1. The van der Waals surface area contributed by atoms with Gasteiger partial charge in [0.25, 0.3) is 5.91 Å². The fourth-order valence-electron chi connectivity index (χ4n) is 2.23. The molecule has 1 amide bonds. The molecule has 7 heteroatoms. The molecule has 0 radical (unpaired) electrons. The predicted molar refractivity (Wildman–Crippen MR) is 89.7 cm³/mol. The number of amides is 1. The Balaban J connectivity index is 1.70. The first-order valence-electron chi connectivity index (χ1n) is 7.31. The minimum Gasteiger partial charge on any atom is -0.384 e. The first kappa shape index (κ1) is 16.4. The number of halogens is 1. The van der Waals surface area contributed by atoms with Crippen molar-refractivity contribution in [1.29, 1.82) is 0 Å². The largest absolute Gasteiger partial charge is 0.384 e. The van der Waals surface area contributed by atoms with Gasteiger partial charge in [-0.3, -0.25) is 4.79 Å². The lowest BCUT2D eigenvalue weighted by Gasteiger charge is -2.22. The van der Waals surface area contributed by atoms with E-state index in [9.17, 15) is 14.3 Å². The number of benzene rings is 1. The third kappa shape index (κ3) is 3.37. The van der Waals surface area contributed by atoms with E-state index in [1.165, 1.54) is 34.3 Å². The average molecular weight is 345 g/mol. The third-order valence-electron chi connectivity index (χ3n) is 3.66. The lowest BCUT2D eigenvalue weighted by molar-refractivity contribution is 0.0528. The highest BCUT2D eigenvalue weighted by Crippen LogP contribution is 2.22. The highest BCUT2D eigenvalue weighted by Gasteiger charge is 2.25. The SMILES string of the molecule is CC(O)(CNC(=O)c1ccn(-c2ccccc2F)n1)c1ccsc1. The molecule has 24 heavy (non-hydrogen) atoms. The molecule has 1 unspecified atom stereocenters. The van der Waals surface area contributed by atoms with Crippen LogP contribution in [0.25, 0.3) is 5.69 Å². The Labute approximate surface area is 142 Å². The number of carbonyl (C=O) groups excluding carboxylic acids is 1. The van der Waals surface area contributed by atoms with E-state index in [0.29, 0.717) is 0 Å². The van der Waals surface area contributed by atoms with Crippen molar-refractivity contribution in [2.24, 2.45) is 0 Å². The monoisotopic (exact) mass is 345 g/mol. The van der Waals surface area contributed by atoms with Crippen LogP contribution in [0.4, 0.5) is 4.39 Å². The minimum atomic E-state index is -1.16. The highest BCUT2D eigenvalue weighted by molar-refractivity contribution is 7.08. The Hall–Kier alpha value is -2.51. The summed E-state index contributed by atoms with van der Waals surface area (Å²) in [5, 5.41) is 20.8. The van der Waals surface area contributed by atoms with Crippen LogP contribution in [0.1, 0.15) is 23.0 Å². The maximum atomic E-state index is 13.8. The van der Waals surface area contributed by atoms with E-state index in [0.717, 1.165) is 5.56 Å². The standard InChI is InChI=1S/C17H16FN3O2S/c1-17(23,12-7-9-24-10-12)11-19-16(22)14-6-8-21(20-14)15-5-3-2-4-13(15)18/h2-10,23H,11H2,1H3,(H,19,22).